The highest BCUT2D eigenvalue weighted by Gasteiger charge is 2.11. The van der Waals surface area contributed by atoms with E-state index in [-0.39, 0.29) is 5.69 Å². The minimum atomic E-state index is -0.460. The van der Waals surface area contributed by atoms with E-state index in [9.17, 15) is 4.39 Å². The number of nitrogens with zero attached hydrogens (tertiary/aromatic N) is 2. The number of aromatic nitrogens is 2. The van der Waals surface area contributed by atoms with Gasteiger partial charge in [-0.05, 0) is 30.7 Å². The van der Waals surface area contributed by atoms with Crippen LogP contribution in [0, 0.1) is 12.7 Å². The van der Waals surface area contributed by atoms with Crippen LogP contribution in [0.2, 0.25) is 0 Å². The summed E-state index contributed by atoms with van der Waals surface area (Å²) in [4.78, 5) is 4.31. The Morgan fingerprint density at radius 3 is 2.62 bits per heavy atom. The van der Waals surface area contributed by atoms with Crippen LogP contribution in [0.4, 0.5) is 10.1 Å². The monoisotopic (exact) mass is 283 g/mol. The first kappa shape index (κ1) is 13.3. The molecule has 2 aromatic carbocycles. The number of rotatable bonds is 3. The summed E-state index contributed by atoms with van der Waals surface area (Å²) < 4.78 is 18.4. The molecule has 0 atom stereocenters. The molecule has 4 nitrogen and oxygen atoms in total. The first-order valence-electron chi connectivity index (χ1n) is 6.55. The Kier molecular flexibility index (Phi) is 3.39. The number of anilines is 1. The molecule has 0 amide bonds. The molecule has 0 fully saturated rings. The quantitative estimate of drug-likeness (QED) is 0.748. The Morgan fingerprint density at radius 1 is 1.14 bits per heavy atom. The summed E-state index contributed by atoms with van der Waals surface area (Å²) in [5.74, 6) is 0.457. The number of benzene rings is 2. The molecule has 0 aliphatic carbocycles. The Bertz CT molecular complexity index is 765. The number of hydrogen-bond acceptors (Lipinski definition) is 4. The summed E-state index contributed by atoms with van der Waals surface area (Å²) in [5, 5.41) is 3.94. The van der Waals surface area contributed by atoms with Gasteiger partial charge in [0.2, 0.25) is 0 Å². The number of nitrogens with two attached hydrogens (primary N) is 1. The first-order valence-corrected chi connectivity index (χ1v) is 6.55. The van der Waals surface area contributed by atoms with Gasteiger partial charge in [-0.2, -0.15) is 4.98 Å². The Labute approximate surface area is 121 Å². The van der Waals surface area contributed by atoms with Crippen molar-refractivity contribution < 1.29 is 8.91 Å². The number of hydrogen-bond donors (Lipinski definition) is 1. The van der Waals surface area contributed by atoms with E-state index in [0.717, 1.165) is 5.56 Å². The topological polar surface area (TPSA) is 64.9 Å². The van der Waals surface area contributed by atoms with E-state index < -0.39 is 5.82 Å². The second kappa shape index (κ2) is 5.36. The Balaban J connectivity index is 1.82. The summed E-state index contributed by atoms with van der Waals surface area (Å²) >= 11 is 0. The van der Waals surface area contributed by atoms with Crippen LogP contribution in [0.3, 0.4) is 0 Å². The highest BCUT2D eigenvalue weighted by molar-refractivity contribution is 5.60. The standard InChI is InChI=1S/C16H14FN3O/c1-10-2-4-11(5-3-10)8-15-19-16(21-20-15)12-6-7-13(17)14(18)9-12/h2-7,9H,8,18H2,1H3. The third-order valence-electron chi connectivity index (χ3n) is 3.19. The van der Waals surface area contributed by atoms with Crippen LogP contribution < -0.4 is 5.73 Å². The second-order valence-corrected chi connectivity index (χ2v) is 4.91. The fourth-order valence-electron chi connectivity index (χ4n) is 2.01. The molecule has 0 spiro atoms. The fourth-order valence-corrected chi connectivity index (χ4v) is 2.01. The van der Waals surface area contributed by atoms with Crippen LogP contribution in [-0.2, 0) is 6.42 Å². The van der Waals surface area contributed by atoms with Crippen molar-refractivity contribution in [3.8, 4) is 11.5 Å². The van der Waals surface area contributed by atoms with Crippen molar-refractivity contribution in [3.05, 3.63) is 65.2 Å². The first-order chi connectivity index (χ1) is 10.1. The van der Waals surface area contributed by atoms with Gasteiger partial charge < -0.3 is 10.3 Å². The van der Waals surface area contributed by atoms with Crippen molar-refractivity contribution in [2.75, 3.05) is 5.73 Å². The molecule has 2 N–H and O–H groups in total. The Hall–Kier alpha value is -2.69. The molecule has 3 rings (SSSR count). The molecule has 0 saturated carbocycles. The molecule has 0 unspecified atom stereocenters. The SMILES string of the molecule is Cc1ccc(Cc2noc(-c3ccc(F)c(N)c3)n2)cc1. The van der Waals surface area contributed by atoms with E-state index in [2.05, 4.69) is 10.1 Å². The van der Waals surface area contributed by atoms with Gasteiger partial charge in [-0.25, -0.2) is 4.39 Å². The second-order valence-electron chi connectivity index (χ2n) is 4.91. The fraction of sp³-hybridized carbons (Fsp3) is 0.125. The number of halogens is 1. The third kappa shape index (κ3) is 2.91. The van der Waals surface area contributed by atoms with Crippen LogP contribution in [0.1, 0.15) is 17.0 Å². The average molecular weight is 283 g/mol. The lowest BCUT2D eigenvalue weighted by Crippen LogP contribution is -1.92. The van der Waals surface area contributed by atoms with Gasteiger partial charge in [0.1, 0.15) is 5.82 Å². The van der Waals surface area contributed by atoms with Crippen LogP contribution in [0.5, 0.6) is 0 Å². The lowest BCUT2D eigenvalue weighted by Gasteiger charge is -1.98. The third-order valence-corrected chi connectivity index (χ3v) is 3.19. The maximum Gasteiger partial charge on any atom is 0.258 e. The molecule has 0 saturated heterocycles. The highest BCUT2D eigenvalue weighted by Crippen LogP contribution is 2.22. The van der Waals surface area contributed by atoms with Gasteiger partial charge in [-0.3, -0.25) is 0 Å². The molecule has 0 aliphatic rings. The van der Waals surface area contributed by atoms with Gasteiger partial charge in [-0.1, -0.05) is 35.0 Å². The van der Waals surface area contributed by atoms with Crippen LogP contribution in [-0.4, -0.2) is 10.1 Å². The van der Waals surface area contributed by atoms with E-state index in [1.165, 1.54) is 17.7 Å². The van der Waals surface area contributed by atoms with Crippen molar-refractivity contribution in [1.82, 2.24) is 10.1 Å². The molecule has 5 heteroatoms. The lowest BCUT2D eigenvalue weighted by atomic mass is 10.1. The van der Waals surface area contributed by atoms with Crippen LogP contribution in [0.15, 0.2) is 47.0 Å². The van der Waals surface area contributed by atoms with E-state index >= 15 is 0 Å². The summed E-state index contributed by atoms with van der Waals surface area (Å²) in [7, 11) is 0. The zero-order valence-electron chi connectivity index (χ0n) is 11.5. The average Bonchev–Trinajstić information content (AvgIpc) is 2.93. The molecule has 0 bridgehead atoms. The van der Waals surface area contributed by atoms with Crippen molar-refractivity contribution in [2.45, 2.75) is 13.3 Å². The van der Waals surface area contributed by atoms with Gasteiger partial charge >= 0.3 is 0 Å². The largest absolute Gasteiger partial charge is 0.396 e. The maximum absolute atomic E-state index is 13.1. The van der Waals surface area contributed by atoms with Gasteiger partial charge in [0, 0.05) is 12.0 Å². The van der Waals surface area contributed by atoms with Crippen molar-refractivity contribution in [2.24, 2.45) is 0 Å². The van der Waals surface area contributed by atoms with Crippen LogP contribution in [0.25, 0.3) is 11.5 Å². The van der Waals surface area contributed by atoms with Crippen molar-refractivity contribution >= 4 is 5.69 Å². The van der Waals surface area contributed by atoms with Gasteiger partial charge in [0.15, 0.2) is 5.82 Å². The zero-order chi connectivity index (χ0) is 14.8. The van der Waals surface area contributed by atoms with E-state index in [4.69, 9.17) is 10.3 Å². The van der Waals surface area contributed by atoms with Crippen molar-refractivity contribution in [3.63, 3.8) is 0 Å². The molecule has 0 aliphatic heterocycles. The molecule has 106 valence electrons. The maximum atomic E-state index is 13.1. The number of aryl methyl sites for hydroxylation is 1. The molecule has 3 aromatic rings. The molecule has 1 aromatic heterocycles. The van der Waals surface area contributed by atoms with E-state index in [1.807, 2.05) is 31.2 Å². The molecule has 0 radical (unpaired) electrons. The highest BCUT2D eigenvalue weighted by atomic mass is 19.1. The number of nitrogen functional groups attached to an aromatic ring is 1. The molecular weight excluding hydrogens is 269 g/mol. The predicted octanol–water partition coefficient (Wildman–Crippen LogP) is 3.36. The van der Waals surface area contributed by atoms with E-state index in [0.29, 0.717) is 23.7 Å². The predicted molar refractivity (Wildman–Crippen MR) is 78.1 cm³/mol. The summed E-state index contributed by atoms with van der Waals surface area (Å²) in [6.07, 6.45) is 0.584. The normalized spacial score (nSPS) is 10.8. The minimum Gasteiger partial charge on any atom is -0.396 e. The minimum absolute atomic E-state index is 0.0609. The van der Waals surface area contributed by atoms with Crippen molar-refractivity contribution in [1.29, 1.82) is 0 Å². The van der Waals surface area contributed by atoms with Gasteiger partial charge in [-0.15, -0.1) is 0 Å². The zero-order valence-corrected chi connectivity index (χ0v) is 11.5. The van der Waals surface area contributed by atoms with E-state index in [1.54, 1.807) is 6.07 Å². The summed E-state index contributed by atoms with van der Waals surface area (Å²) in [6, 6.07) is 12.5. The smallest absolute Gasteiger partial charge is 0.258 e. The van der Waals surface area contributed by atoms with Gasteiger partial charge in [0.05, 0.1) is 5.69 Å². The summed E-state index contributed by atoms with van der Waals surface area (Å²) in [5.41, 5.74) is 8.51. The molecule has 21 heavy (non-hydrogen) atoms. The van der Waals surface area contributed by atoms with Gasteiger partial charge in [0.25, 0.3) is 5.89 Å². The summed E-state index contributed by atoms with van der Waals surface area (Å²) in [6.45, 7) is 2.04. The lowest BCUT2D eigenvalue weighted by molar-refractivity contribution is 0.424. The molecular formula is C16H14FN3O. The Morgan fingerprint density at radius 2 is 1.90 bits per heavy atom. The molecule has 1 heterocycles. The van der Waals surface area contributed by atoms with Crippen LogP contribution >= 0.6 is 0 Å².